The monoisotopic (exact) mass is 616 g/mol. The summed E-state index contributed by atoms with van der Waals surface area (Å²) in [6.07, 6.45) is 7.12. The van der Waals surface area contributed by atoms with E-state index < -0.39 is 28.1 Å². The summed E-state index contributed by atoms with van der Waals surface area (Å²) in [6, 6.07) is 8.34. The van der Waals surface area contributed by atoms with E-state index in [4.69, 9.17) is 9.72 Å². The number of rotatable bonds is 12. The third-order valence-electron chi connectivity index (χ3n) is 8.41. The van der Waals surface area contributed by atoms with Crippen molar-refractivity contribution in [2.24, 2.45) is 5.92 Å². The van der Waals surface area contributed by atoms with E-state index in [0.29, 0.717) is 30.9 Å². The fourth-order valence-electron chi connectivity index (χ4n) is 5.79. The number of anilines is 2. The first-order chi connectivity index (χ1) is 20.3. The van der Waals surface area contributed by atoms with E-state index in [1.54, 1.807) is 12.3 Å². The van der Waals surface area contributed by atoms with Crippen molar-refractivity contribution < 1.29 is 21.9 Å². The van der Waals surface area contributed by atoms with Gasteiger partial charge in [-0.1, -0.05) is 13.8 Å². The van der Waals surface area contributed by atoms with Gasteiger partial charge in [0.15, 0.2) is 0 Å². The maximum atomic E-state index is 13.1. The number of benzene rings is 1. The molecule has 2 aromatic heterocycles. The summed E-state index contributed by atoms with van der Waals surface area (Å²) in [5.41, 5.74) is 3.68. The normalized spacial score (nSPS) is 20.0. The number of sulfonamides is 1. The van der Waals surface area contributed by atoms with Gasteiger partial charge in [0, 0.05) is 54.3 Å². The lowest BCUT2D eigenvalue weighted by Crippen LogP contribution is -2.44. The molecular weight excluding hydrogens is 574 g/mol. The zero-order valence-corrected chi connectivity index (χ0v) is 26.1. The number of hydrogen-bond acceptors (Lipinski definition) is 8. The van der Waals surface area contributed by atoms with Crippen molar-refractivity contribution in [3.8, 4) is 11.1 Å². The molecule has 3 heterocycles. The number of alkyl halides is 2. The molecular formula is C31H42F2N6O3S. The van der Waals surface area contributed by atoms with Crippen LogP contribution in [0.2, 0.25) is 0 Å². The van der Waals surface area contributed by atoms with Crippen molar-refractivity contribution in [2.45, 2.75) is 76.8 Å². The van der Waals surface area contributed by atoms with E-state index in [-0.39, 0.29) is 11.7 Å². The second-order valence-corrected chi connectivity index (χ2v) is 14.4. The number of nitrogens with zero attached hydrogens (tertiary/aromatic N) is 4. The Balaban J connectivity index is 1.26. The minimum atomic E-state index is -3.94. The maximum absolute atomic E-state index is 13.1. The highest BCUT2D eigenvalue weighted by Crippen LogP contribution is 2.32. The van der Waals surface area contributed by atoms with Crippen LogP contribution in [-0.2, 0) is 14.8 Å². The fourth-order valence-corrected chi connectivity index (χ4v) is 6.96. The summed E-state index contributed by atoms with van der Waals surface area (Å²) in [7, 11) is -1.71. The molecule has 2 aliphatic rings. The van der Waals surface area contributed by atoms with Gasteiger partial charge in [0.25, 0.3) is 0 Å². The summed E-state index contributed by atoms with van der Waals surface area (Å²) in [5.74, 6) is -2.14. The molecule has 5 rings (SSSR count). The molecule has 2 fully saturated rings. The Kier molecular flexibility index (Phi) is 9.48. The van der Waals surface area contributed by atoms with Gasteiger partial charge in [0.2, 0.25) is 21.9 Å². The van der Waals surface area contributed by atoms with Crippen LogP contribution in [0, 0.1) is 5.92 Å². The van der Waals surface area contributed by atoms with Gasteiger partial charge >= 0.3 is 0 Å². The van der Waals surface area contributed by atoms with Crippen molar-refractivity contribution >= 4 is 32.7 Å². The van der Waals surface area contributed by atoms with E-state index in [9.17, 15) is 17.2 Å². The van der Waals surface area contributed by atoms with Gasteiger partial charge in [0.05, 0.1) is 24.5 Å². The fraction of sp³-hybridized carbons (Fsp3) is 0.581. The molecule has 1 aromatic carbocycles. The molecule has 1 aliphatic carbocycles. The summed E-state index contributed by atoms with van der Waals surface area (Å²) in [6.45, 7) is 7.83. The minimum absolute atomic E-state index is 0.0840. The van der Waals surface area contributed by atoms with E-state index in [1.807, 2.05) is 12.3 Å². The molecule has 0 unspecified atom stereocenters. The average Bonchev–Trinajstić information content (AvgIpc) is 2.93. The first kappa shape index (κ1) is 31.5. The van der Waals surface area contributed by atoms with E-state index in [0.717, 1.165) is 73.0 Å². The molecule has 43 heavy (non-hydrogen) atoms. The lowest BCUT2D eigenvalue weighted by Gasteiger charge is -2.38. The third kappa shape index (κ3) is 8.36. The van der Waals surface area contributed by atoms with Gasteiger partial charge in [-0.3, -0.25) is 4.72 Å². The molecule has 12 heteroatoms. The highest BCUT2D eigenvalue weighted by molar-refractivity contribution is 7.92. The highest BCUT2D eigenvalue weighted by Gasteiger charge is 2.28. The van der Waals surface area contributed by atoms with Gasteiger partial charge in [0.1, 0.15) is 5.82 Å². The summed E-state index contributed by atoms with van der Waals surface area (Å²) in [4.78, 5) is 16.3. The zero-order chi connectivity index (χ0) is 30.8. The molecule has 0 amide bonds. The van der Waals surface area contributed by atoms with Crippen molar-refractivity contribution in [2.75, 3.05) is 42.6 Å². The molecule has 1 aliphatic heterocycles. The van der Waals surface area contributed by atoms with Crippen molar-refractivity contribution in [1.82, 2.24) is 19.9 Å². The van der Waals surface area contributed by atoms with Gasteiger partial charge in [-0.25, -0.2) is 32.2 Å². The first-order valence-corrected chi connectivity index (χ1v) is 16.7. The van der Waals surface area contributed by atoms with Gasteiger partial charge in [-0.15, -0.1) is 0 Å². The molecule has 2 N–H and O–H groups in total. The van der Waals surface area contributed by atoms with Gasteiger partial charge in [-0.05, 0) is 81.0 Å². The molecule has 0 spiro atoms. The van der Waals surface area contributed by atoms with E-state index in [1.165, 1.54) is 6.07 Å². The molecule has 1 saturated carbocycles. The van der Waals surface area contributed by atoms with Crippen LogP contribution in [0.1, 0.15) is 64.4 Å². The van der Waals surface area contributed by atoms with Crippen LogP contribution in [0.15, 0.2) is 36.7 Å². The topological polar surface area (TPSA) is 109 Å². The second-order valence-electron chi connectivity index (χ2n) is 12.5. The van der Waals surface area contributed by atoms with Crippen LogP contribution < -0.4 is 10.0 Å². The van der Waals surface area contributed by atoms with Crippen molar-refractivity contribution in [3.05, 3.63) is 42.2 Å². The minimum Gasteiger partial charge on any atom is -0.381 e. The SMILES string of the molecule is CC(C)c1cc(-c2ccc(NS(=O)(=O)CCC(C)(F)F)nc2)cc2cnc(N[C@H]3CC[C@H](N(C)CC4COC4)CC3)nc12. The molecule has 0 radical (unpaired) electrons. The second kappa shape index (κ2) is 13.0. The number of fused-ring (bicyclic) bond motifs is 1. The van der Waals surface area contributed by atoms with Crippen LogP contribution in [0.4, 0.5) is 20.5 Å². The number of aromatic nitrogens is 3. The largest absolute Gasteiger partial charge is 0.381 e. The number of pyridine rings is 1. The Labute approximate surface area is 252 Å². The predicted octanol–water partition coefficient (Wildman–Crippen LogP) is 5.90. The molecule has 1 saturated heterocycles. The molecule has 0 atom stereocenters. The van der Waals surface area contributed by atoms with Crippen LogP contribution >= 0.6 is 0 Å². The van der Waals surface area contributed by atoms with Crippen LogP contribution in [-0.4, -0.2) is 78.8 Å². The maximum Gasteiger partial charge on any atom is 0.246 e. The van der Waals surface area contributed by atoms with Crippen LogP contribution in [0.3, 0.4) is 0 Å². The lowest BCUT2D eigenvalue weighted by molar-refractivity contribution is -0.0496. The van der Waals surface area contributed by atoms with Crippen LogP contribution in [0.25, 0.3) is 22.0 Å². The van der Waals surface area contributed by atoms with Crippen molar-refractivity contribution in [3.63, 3.8) is 0 Å². The Bertz CT molecular complexity index is 1500. The average molecular weight is 617 g/mol. The lowest BCUT2D eigenvalue weighted by atomic mass is 9.90. The molecule has 234 valence electrons. The summed E-state index contributed by atoms with van der Waals surface area (Å²) < 4.78 is 58.2. The Morgan fingerprint density at radius 2 is 1.81 bits per heavy atom. The third-order valence-corrected chi connectivity index (χ3v) is 9.67. The quantitative estimate of drug-likeness (QED) is 0.259. The molecule has 3 aromatic rings. The first-order valence-electron chi connectivity index (χ1n) is 15.0. The number of hydrogen-bond donors (Lipinski definition) is 2. The highest BCUT2D eigenvalue weighted by atomic mass is 32.2. The van der Waals surface area contributed by atoms with Crippen LogP contribution in [0.5, 0.6) is 0 Å². The zero-order valence-electron chi connectivity index (χ0n) is 25.3. The Morgan fingerprint density at radius 1 is 1.07 bits per heavy atom. The van der Waals surface area contributed by atoms with E-state index >= 15 is 0 Å². The standard InChI is InChI=1S/C31H42F2N6O3S/c1-20(2)27-14-23(22-5-10-28(34-15-22)38-43(40,41)12-11-31(3,32)33)13-24-16-35-30(37-29(24)27)36-25-6-8-26(9-7-25)39(4)17-21-18-42-19-21/h5,10,13-16,20-21,25-26H,6-9,11-12,17-19H2,1-4H3,(H,34,38)(H,35,36,37)/t25-,26-. The Morgan fingerprint density at radius 3 is 2.42 bits per heavy atom. The summed E-state index contributed by atoms with van der Waals surface area (Å²) in [5, 5.41) is 4.49. The van der Waals surface area contributed by atoms with Gasteiger partial charge < -0.3 is 15.0 Å². The van der Waals surface area contributed by atoms with Gasteiger partial charge in [-0.2, -0.15) is 0 Å². The number of nitrogens with one attached hydrogen (secondary N) is 2. The van der Waals surface area contributed by atoms with Crippen molar-refractivity contribution in [1.29, 1.82) is 0 Å². The van der Waals surface area contributed by atoms with E-state index in [2.05, 4.69) is 51.9 Å². The Hall–Kier alpha value is -2.96. The number of halogens is 2. The molecule has 0 bridgehead atoms. The molecule has 9 nitrogen and oxygen atoms in total. The predicted molar refractivity (Wildman–Crippen MR) is 166 cm³/mol. The smallest absolute Gasteiger partial charge is 0.246 e. The summed E-state index contributed by atoms with van der Waals surface area (Å²) >= 11 is 0. The number of ether oxygens (including phenoxy) is 1.